The Bertz CT molecular complexity index is 1010. The van der Waals surface area contributed by atoms with Gasteiger partial charge in [0.2, 0.25) is 5.91 Å². The number of anilines is 2. The molecule has 0 bridgehead atoms. The Morgan fingerprint density at radius 1 is 1.17 bits per heavy atom. The van der Waals surface area contributed by atoms with Gasteiger partial charge in [0.1, 0.15) is 18.7 Å². The van der Waals surface area contributed by atoms with Crippen LogP contribution in [0.1, 0.15) is 31.9 Å². The van der Waals surface area contributed by atoms with Crippen molar-refractivity contribution in [2.75, 3.05) is 23.3 Å². The summed E-state index contributed by atoms with van der Waals surface area (Å²) in [6.45, 7) is 4.63. The normalized spacial score (nSPS) is 13.8. The quantitative estimate of drug-likeness (QED) is 0.805. The Hall–Kier alpha value is -3.68. The van der Waals surface area contributed by atoms with Crippen LogP contribution in [0.25, 0.3) is 0 Å². The zero-order chi connectivity index (χ0) is 21.9. The molecule has 0 aromatic heterocycles. The highest BCUT2D eigenvalue weighted by Crippen LogP contribution is 2.30. The number of aliphatic carboxylic acids is 1. The molecule has 0 spiro atoms. The number of carbonyl (C=O) groups excluding carboxylic acids is 2. The molecule has 0 fully saturated rings. The minimum Gasteiger partial charge on any atom is -0.480 e. The molecule has 2 N–H and O–H groups in total. The molecular weight excluding hydrogens is 386 g/mol. The molecule has 0 atom stereocenters. The first-order valence-electron chi connectivity index (χ1n) is 9.40. The summed E-state index contributed by atoms with van der Waals surface area (Å²) < 4.78 is 5.29. The van der Waals surface area contributed by atoms with Crippen molar-refractivity contribution in [3.63, 3.8) is 0 Å². The van der Waals surface area contributed by atoms with Gasteiger partial charge in [-0.05, 0) is 39.0 Å². The van der Waals surface area contributed by atoms with Gasteiger partial charge >= 0.3 is 12.1 Å². The second-order valence-electron chi connectivity index (χ2n) is 7.76. The number of nitrogens with zero attached hydrogens (tertiary/aromatic N) is 2. The van der Waals surface area contributed by atoms with Crippen LogP contribution < -0.4 is 10.2 Å². The van der Waals surface area contributed by atoms with E-state index < -0.39 is 30.1 Å². The van der Waals surface area contributed by atoms with E-state index in [2.05, 4.69) is 10.3 Å². The number of hydrogen-bond acceptors (Lipinski definition) is 5. The molecule has 0 unspecified atom stereocenters. The number of aliphatic imine (C=N–C) groups is 1. The van der Waals surface area contributed by atoms with E-state index in [1.54, 1.807) is 39.0 Å². The number of rotatable bonds is 4. The summed E-state index contributed by atoms with van der Waals surface area (Å²) in [6, 6.07) is 14.1. The fourth-order valence-corrected chi connectivity index (χ4v) is 3.06. The molecule has 1 aliphatic rings. The number of carbonyl (C=O) groups is 3. The molecule has 2 aromatic rings. The predicted molar refractivity (Wildman–Crippen MR) is 113 cm³/mol. The standard InChI is InChI=1S/C22H23N3O5/c1-22(2,3)30-21(29)24-15-9-10-17-16(11-15)20(14-7-5-4-6-8-14)23-12-18(26)25(17)13-19(27)28/h4-11H,12-13H2,1-3H3,(H,24,29)(H,27,28). The average Bonchev–Trinajstić information content (AvgIpc) is 2.78. The summed E-state index contributed by atoms with van der Waals surface area (Å²) in [7, 11) is 0. The third-order valence-corrected chi connectivity index (χ3v) is 4.20. The van der Waals surface area contributed by atoms with Gasteiger partial charge in [-0.15, -0.1) is 0 Å². The molecule has 0 saturated heterocycles. The van der Waals surface area contributed by atoms with Gasteiger partial charge in [0, 0.05) is 16.8 Å². The van der Waals surface area contributed by atoms with Crippen LogP contribution in [0, 0.1) is 0 Å². The maximum absolute atomic E-state index is 12.6. The third kappa shape index (κ3) is 5.02. The lowest BCUT2D eigenvalue weighted by atomic mass is 9.99. The van der Waals surface area contributed by atoms with Crippen LogP contribution in [0.5, 0.6) is 0 Å². The first-order chi connectivity index (χ1) is 14.1. The van der Waals surface area contributed by atoms with E-state index in [-0.39, 0.29) is 6.54 Å². The van der Waals surface area contributed by atoms with Crippen molar-refractivity contribution in [3.8, 4) is 0 Å². The molecule has 0 saturated carbocycles. The number of nitrogens with one attached hydrogen (secondary N) is 1. The monoisotopic (exact) mass is 409 g/mol. The summed E-state index contributed by atoms with van der Waals surface area (Å²) in [5.41, 5.74) is 2.06. The van der Waals surface area contributed by atoms with Gasteiger partial charge in [0.15, 0.2) is 0 Å². The minimum absolute atomic E-state index is 0.180. The molecule has 30 heavy (non-hydrogen) atoms. The van der Waals surface area contributed by atoms with Gasteiger partial charge in [-0.1, -0.05) is 30.3 Å². The zero-order valence-corrected chi connectivity index (χ0v) is 17.0. The largest absolute Gasteiger partial charge is 0.480 e. The van der Waals surface area contributed by atoms with Crippen LogP contribution in [-0.2, 0) is 14.3 Å². The summed E-state index contributed by atoms with van der Waals surface area (Å²) >= 11 is 0. The zero-order valence-electron chi connectivity index (χ0n) is 17.0. The Kier molecular flexibility index (Phi) is 5.86. The maximum Gasteiger partial charge on any atom is 0.412 e. The number of benzene rings is 2. The first-order valence-corrected chi connectivity index (χ1v) is 9.40. The number of benzodiazepines with no additional fused rings is 1. The van der Waals surface area contributed by atoms with Crippen molar-refractivity contribution in [1.29, 1.82) is 0 Å². The molecule has 3 rings (SSSR count). The molecule has 2 amide bonds. The highest BCUT2D eigenvalue weighted by atomic mass is 16.6. The fourth-order valence-electron chi connectivity index (χ4n) is 3.06. The second kappa shape index (κ2) is 8.36. The number of ether oxygens (including phenoxy) is 1. The molecule has 2 aromatic carbocycles. The van der Waals surface area contributed by atoms with E-state index in [1.165, 1.54) is 4.90 Å². The highest BCUT2D eigenvalue weighted by molar-refractivity contribution is 6.20. The van der Waals surface area contributed by atoms with Crippen LogP contribution in [-0.4, -0.2) is 47.5 Å². The van der Waals surface area contributed by atoms with Crippen LogP contribution in [0.4, 0.5) is 16.2 Å². The van der Waals surface area contributed by atoms with Crippen molar-refractivity contribution in [2.45, 2.75) is 26.4 Å². The number of hydrogen-bond donors (Lipinski definition) is 2. The minimum atomic E-state index is -1.13. The molecule has 8 nitrogen and oxygen atoms in total. The van der Waals surface area contributed by atoms with Crippen molar-refractivity contribution in [3.05, 3.63) is 59.7 Å². The van der Waals surface area contributed by atoms with Crippen LogP contribution in [0.15, 0.2) is 53.5 Å². The highest BCUT2D eigenvalue weighted by Gasteiger charge is 2.27. The van der Waals surface area contributed by atoms with Crippen LogP contribution >= 0.6 is 0 Å². The van der Waals surface area contributed by atoms with Crippen LogP contribution in [0.2, 0.25) is 0 Å². The lowest BCUT2D eigenvalue weighted by Gasteiger charge is -2.23. The summed E-state index contributed by atoms with van der Waals surface area (Å²) in [5, 5.41) is 11.9. The topological polar surface area (TPSA) is 108 Å². The van der Waals surface area contributed by atoms with Crippen molar-refractivity contribution in [1.82, 2.24) is 0 Å². The SMILES string of the molecule is CC(C)(C)OC(=O)Nc1ccc2c(c1)C(c1ccccc1)=NCC(=O)N2CC(=O)O. The van der Waals surface area contributed by atoms with Gasteiger partial charge in [0.25, 0.3) is 0 Å². The molecule has 1 aliphatic heterocycles. The number of fused-ring (bicyclic) bond motifs is 1. The average molecular weight is 409 g/mol. The van der Waals surface area contributed by atoms with E-state index in [9.17, 15) is 19.5 Å². The second-order valence-corrected chi connectivity index (χ2v) is 7.76. The Labute approximate surface area is 174 Å². The van der Waals surface area contributed by atoms with Crippen molar-refractivity contribution in [2.24, 2.45) is 4.99 Å². The van der Waals surface area contributed by atoms with E-state index in [0.717, 1.165) is 5.56 Å². The number of amides is 2. The molecular formula is C22H23N3O5. The van der Waals surface area contributed by atoms with Gasteiger partial charge in [-0.3, -0.25) is 24.8 Å². The molecule has 0 radical (unpaired) electrons. The Balaban J connectivity index is 2.06. The fraction of sp³-hybridized carbons (Fsp3) is 0.273. The van der Waals surface area contributed by atoms with E-state index >= 15 is 0 Å². The Morgan fingerprint density at radius 3 is 2.50 bits per heavy atom. The summed E-state index contributed by atoms with van der Waals surface area (Å²) in [6.07, 6.45) is -0.618. The predicted octanol–water partition coefficient (Wildman–Crippen LogP) is 3.30. The van der Waals surface area contributed by atoms with Crippen molar-refractivity contribution >= 4 is 35.1 Å². The molecule has 0 aliphatic carbocycles. The van der Waals surface area contributed by atoms with Gasteiger partial charge in [-0.2, -0.15) is 0 Å². The molecule has 8 heteroatoms. The number of carboxylic acid groups (broad SMARTS) is 1. The molecule has 156 valence electrons. The summed E-state index contributed by atoms with van der Waals surface area (Å²) in [5.74, 6) is -1.55. The van der Waals surface area contributed by atoms with E-state index in [4.69, 9.17) is 4.74 Å². The van der Waals surface area contributed by atoms with E-state index in [0.29, 0.717) is 22.6 Å². The third-order valence-electron chi connectivity index (χ3n) is 4.20. The lowest BCUT2D eigenvalue weighted by Crippen LogP contribution is -2.37. The first kappa shape index (κ1) is 21.0. The number of carboxylic acids is 1. The van der Waals surface area contributed by atoms with Gasteiger partial charge in [-0.25, -0.2) is 4.79 Å². The molecule has 1 heterocycles. The van der Waals surface area contributed by atoms with E-state index in [1.807, 2.05) is 30.3 Å². The lowest BCUT2D eigenvalue weighted by molar-refractivity contribution is -0.136. The van der Waals surface area contributed by atoms with Crippen LogP contribution in [0.3, 0.4) is 0 Å². The van der Waals surface area contributed by atoms with Crippen molar-refractivity contribution < 1.29 is 24.2 Å². The smallest absolute Gasteiger partial charge is 0.412 e. The maximum atomic E-state index is 12.6. The summed E-state index contributed by atoms with van der Waals surface area (Å²) in [4.78, 5) is 41.7. The Morgan fingerprint density at radius 2 is 1.87 bits per heavy atom. The van der Waals surface area contributed by atoms with Gasteiger partial charge < -0.3 is 9.84 Å². The van der Waals surface area contributed by atoms with Gasteiger partial charge in [0.05, 0.1) is 11.4 Å².